The molecule has 1 nitrogen and oxygen atoms in total. The Kier molecular flexibility index (Phi) is 4.18. The van der Waals surface area contributed by atoms with E-state index in [1.54, 1.807) is 0 Å². The first-order chi connectivity index (χ1) is 6.63. The Morgan fingerprint density at radius 1 is 1.50 bits per heavy atom. The van der Waals surface area contributed by atoms with Crippen molar-refractivity contribution in [1.29, 1.82) is 0 Å². The lowest BCUT2D eigenvalue weighted by Crippen LogP contribution is -2.08. The minimum atomic E-state index is 0.797. The molecule has 0 saturated carbocycles. The summed E-state index contributed by atoms with van der Waals surface area (Å²) in [6.07, 6.45) is 2.18. The highest BCUT2D eigenvalue weighted by Gasteiger charge is 1.96. The van der Waals surface area contributed by atoms with E-state index >= 15 is 0 Å². The molecular weight excluding hydrogens is 194 g/mol. The number of rotatable bonds is 3. The van der Waals surface area contributed by atoms with Crippen LogP contribution in [0.5, 0.6) is 0 Å². The van der Waals surface area contributed by atoms with Gasteiger partial charge in [-0.2, -0.15) is 0 Å². The van der Waals surface area contributed by atoms with E-state index < -0.39 is 0 Å². The Morgan fingerprint density at radius 3 is 2.79 bits per heavy atom. The van der Waals surface area contributed by atoms with E-state index in [0.717, 1.165) is 11.6 Å². The summed E-state index contributed by atoms with van der Waals surface area (Å²) < 4.78 is 0. The van der Waals surface area contributed by atoms with Crippen LogP contribution < -0.4 is 5.32 Å². The topological polar surface area (TPSA) is 12.0 Å². The normalized spacial score (nSPS) is 11.9. The van der Waals surface area contributed by atoms with Crippen molar-refractivity contribution in [2.24, 2.45) is 0 Å². The van der Waals surface area contributed by atoms with Gasteiger partial charge in [-0.05, 0) is 44.2 Å². The van der Waals surface area contributed by atoms with Gasteiger partial charge < -0.3 is 5.32 Å². The molecule has 0 fully saturated rings. The van der Waals surface area contributed by atoms with Crippen molar-refractivity contribution in [1.82, 2.24) is 5.32 Å². The van der Waals surface area contributed by atoms with Crippen LogP contribution in [0.2, 0.25) is 5.02 Å². The molecule has 0 bridgehead atoms. The molecule has 0 aliphatic rings. The standard InChI is InChI=1S/C12H16ClN/c1-9(8-14-3)6-11-4-5-12(13)7-10(11)2/h4-7,14H,8H2,1-3H3/b9-6+. The average Bonchev–Trinajstić information content (AvgIpc) is 2.10. The molecule has 0 aromatic heterocycles. The second-order valence-corrected chi connectivity index (χ2v) is 3.96. The zero-order valence-electron chi connectivity index (χ0n) is 8.89. The molecule has 2 heteroatoms. The second-order valence-electron chi connectivity index (χ2n) is 3.52. The summed E-state index contributed by atoms with van der Waals surface area (Å²) in [5.74, 6) is 0. The van der Waals surface area contributed by atoms with Gasteiger partial charge in [-0.25, -0.2) is 0 Å². The van der Waals surface area contributed by atoms with Gasteiger partial charge in [0, 0.05) is 11.6 Å². The molecule has 0 unspecified atom stereocenters. The van der Waals surface area contributed by atoms with E-state index in [2.05, 4.69) is 31.3 Å². The molecule has 0 atom stereocenters. The zero-order chi connectivity index (χ0) is 10.6. The predicted molar refractivity (Wildman–Crippen MR) is 63.8 cm³/mol. The van der Waals surface area contributed by atoms with Crippen molar-refractivity contribution in [3.05, 3.63) is 39.9 Å². The van der Waals surface area contributed by atoms with Gasteiger partial charge in [0.2, 0.25) is 0 Å². The molecule has 0 aliphatic heterocycles. The fraction of sp³-hybridized carbons (Fsp3) is 0.333. The molecular formula is C12H16ClN. The van der Waals surface area contributed by atoms with Crippen LogP contribution in [-0.2, 0) is 0 Å². The van der Waals surface area contributed by atoms with Crippen molar-refractivity contribution in [2.45, 2.75) is 13.8 Å². The third-order valence-corrected chi connectivity index (χ3v) is 2.32. The van der Waals surface area contributed by atoms with Crippen molar-refractivity contribution < 1.29 is 0 Å². The molecule has 14 heavy (non-hydrogen) atoms. The van der Waals surface area contributed by atoms with E-state index in [1.807, 2.05) is 19.2 Å². The molecule has 0 saturated heterocycles. The molecule has 0 radical (unpaired) electrons. The average molecular weight is 210 g/mol. The maximum absolute atomic E-state index is 5.88. The molecule has 1 N–H and O–H groups in total. The van der Waals surface area contributed by atoms with Gasteiger partial charge in [0.25, 0.3) is 0 Å². The lowest BCUT2D eigenvalue weighted by molar-refractivity contribution is 0.884. The first kappa shape index (κ1) is 11.3. The number of hydrogen-bond acceptors (Lipinski definition) is 1. The molecule has 1 aromatic rings. The van der Waals surface area contributed by atoms with Gasteiger partial charge in [-0.3, -0.25) is 0 Å². The number of nitrogens with one attached hydrogen (secondary N) is 1. The lowest BCUT2D eigenvalue weighted by atomic mass is 10.1. The third-order valence-electron chi connectivity index (χ3n) is 2.09. The Bertz CT molecular complexity index is 342. The number of likely N-dealkylation sites (N-methyl/N-ethyl adjacent to an activating group) is 1. The van der Waals surface area contributed by atoms with Crippen molar-refractivity contribution in [2.75, 3.05) is 13.6 Å². The van der Waals surface area contributed by atoms with Crippen LogP contribution >= 0.6 is 11.6 Å². The number of halogens is 1. The SMILES string of the molecule is CNC/C(C)=C/c1ccc(Cl)cc1C. The van der Waals surface area contributed by atoms with E-state index in [9.17, 15) is 0 Å². The summed E-state index contributed by atoms with van der Waals surface area (Å²) >= 11 is 5.88. The lowest BCUT2D eigenvalue weighted by Gasteiger charge is -2.03. The van der Waals surface area contributed by atoms with E-state index in [1.165, 1.54) is 16.7 Å². The maximum atomic E-state index is 5.88. The van der Waals surface area contributed by atoms with Crippen molar-refractivity contribution >= 4 is 17.7 Å². The van der Waals surface area contributed by atoms with Crippen molar-refractivity contribution in [3.63, 3.8) is 0 Å². The molecule has 0 amide bonds. The van der Waals surface area contributed by atoms with Crippen LogP contribution in [0.25, 0.3) is 6.08 Å². The highest BCUT2D eigenvalue weighted by molar-refractivity contribution is 6.30. The van der Waals surface area contributed by atoms with Gasteiger partial charge in [0.15, 0.2) is 0 Å². The quantitative estimate of drug-likeness (QED) is 0.806. The van der Waals surface area contributed by atoms with Gasteiger partial charge in [0.1, 0.15) is 0 Å². The van der Waals surface area contributed by atoms with Crippen LogP contribution in [0, 0.1) is 6.92 Å². The molecule has 76 valence electrons. The van der Waals surface area contributed by atoms with Gasteiger partial charge >= 0.3 is 0 Å². The highest BCUT2D eigenvalue weighted by atomic mass is 35.5. The van der Waals surface area contributed by atoms with Gasteiger partial charge in [-0.1, -0.05) is 29.3 Å². The minimum Gasteiger partial charge on any atom is -0.316 e. The minimum absolute atomic E-state index is 0.797. The summed E-state index contributed by atoms with van der Waals surface area (Å²) in [5.41, 5.74) is 3.77. The summed E-state index contributed by atoms with van der Waals surface area (Å²) in [6.45, 7) is 5.11. The van der Waals surface area contributed by atoms with E-state index in [-0.39, 0.29) is 0 Å². The number of hydrogen-bond donors (Lipinski definition) is 1. The number of benzene rings is 1. The van der Waals surface area contributed by atoms with Crippen LogP contribution in [-0.4, -0.2) is 13.6 Å². The summed E-state index contributed by atoms with van der Waals surface area (Å²) in [7, 11) is 1.95. The summed E-state index contributed by atoms with van der Waals surface area (Å²) in [5, 5.41) is 3.92. The largest absolute Gasteiger partial charge is 0.316 e. The van der Waals surface area contributed by atoms with E-state index in [0.29, 0.717) is 0 Å². The van der Waals surface area contributed by atoms with E-state index in [4.69, 9.17) is 11.6 Å². The second kappa shape index (κ2) is 5.18. The maximum Gasteiger partial charge on any atom is 0.0409 e. The number of aryl methyl sites for hydroxylation is 1. The Morgan fingerprint density at radius 2 is 2.21 bits per heavy atom. The zero-order valence-corrected chi connectivity index (χ0v) is 9.65. The van der Waals surface area contributed by atoms with Gasteiger partial charge in [0.05, 0.1) is 0 Å². The highest BCUT2D eigenvalue weighted by Crippen LogP contribution is 2.17. The van der Waals surface area contributed by atoms with Crippen LogP contribution in [0.15, 0.2) is 23.8 Å². The van der Waals surface area contributed by atoms with Crippen LogP contribution in [0.4, 0.5) is 0 Å². The Hall–Kier alpha value is -0.790. The molecule has 0 spiro atoms. The Balaban J connectivity index is 2.91. The summed E-state index contributed by atoms with van der Waals surface area (Å²) in [4.78, 5) is 0. The fourth-order valence-corrected chi connectivity index (χ4v) is 1.62. The first-order valence-electron chi connectivity index (χ1n) is 4.71. The molecule has 0 heterocycles. The van der Waals surface area contributed by atoms with Crippen LogP contribution in [0.3, 0.4) is 0 Å². The molecule has 1 rings (SSSR count). The van der Waals surface area contributed by atoms with Crippen molar-refractivity contribution in [3.8, 4) is 0 Å². The molecule has 1 aromatic carbocycles. The smallest absolute Gasteiger partial charge is 0.0409 e. The third kappa shape index (κ3) is 3.17. The monoisotopic (exact) mass is 209 g/mol. The fourth-order valence-electron chi connectivity index (χ4n) is 1.40. The molecule has 0 aliphatic carbocycles. The predicted octanol–water partition coefficient (Wildman–Crippen LogP) is 3.27. The van der Waals surface area contributed by atoms with Gasteiger partial charge in [-0.15, -0.1) is 0 Å². The first-order valence-corrected chi connectivity index (χ1v) is 5.09. The Labute approximate surface area is 90.8 Å². The van der Waals surface area contributed by atoms with Crippen LogP contribution in [0.1, 0.15) is 18.1 Å². The summed E-state index contributed by atoms with van der Waals surface area (Å²) in [6, 6.07) is 5.96.